The van der Waals surface area contributed by atoms with E-state index in [1.165, 1.54) is 35.6 Å². The number of hydrogen-bond acceptors (Lipinski definition) is 4. The maximum Gasteiger partial charge on any atom is 0.241 e. The summed E-state index contributed by atoms with van der Waals surface area (Å²) in [5, 5.41) is 1.87. The number of benzene rings is 2. The first-order valence-electron chi connectivity index (χ1n) is 8.03. The highest BCUT2D eigenvalue weighted by atomic mass is 32.2. The number of sulfonamides is 1. The van der Waals surface area contributed by atoms with E-state index >= 15 is 0 Å². The third-order valence-electron chi connectivity index (χ3n) is 3.75. The maximum absolute atomic E-state index is 13.2. The summed E-state index contributed by atoms with van der Waals surface area (Å²) < 4.78 is 47.0. The van der Waals surface area contributed by atoms with E-state index in [-0.39, 0.29) is 10.7 Å². The van der Waals surface area contributed by atoms with Crippen molar-refractivity contribution in [1.82, 2.24) is 4.72 Å². The van der Waals surface area contributed by atoms with E-state index in [1.807, 2.05) is 24.4 Å². The summed E-state index contributed by atoms with van der Waals surface area (Å²) >= 11 is 1.43. The zero-order chi connectivity index (χ0) is 18.6. The van der Waals surface area contributed by atoms with Gasteiger partial charge in [-0.1, -0.05) is 18.2 Å². The van der Waals surface area contributed by atoms with E-state index < -0.39 is 16.1 Å². The average Bonchev–Trinajstić information content (AvgIpc) is 3.16. The highest BCUT2D eigenvalue weighted by Crippen LogP contribution is 2.28. The van der Waals surface area contributed by atoms with E-state index in [2.05, 4.69) is 4.72 Å². The van der Waals surface area contributed by atoms with Gasteiger partial charge < -0.3 is 4.74 Å². The van der Waals surface area contributed by atoms with Crippen LogP contribution in [0.5, 0.6) is 5.75 Å². The molecule has 0 saturated carbocycles. The maximum atomic E-state index is 13.2. The standard InChI is InChI=1S/C19H18FNO3S2/c1-2-24-16-9-11-17(12-10-16)26(22,23)21-19(18-4-3-13-25-18)14-5-7-15(20)8-6-14/h3-13,19,21H,2H2,1H3. The molecule has 2 aromatic carbocycles. The number of rotatable bonds is 7. The van der Waals surface area contributed by atoms with Crippen LogP contribution in [0.4, 0.5) is 4.39 Å². The predicted octanol–water partition coefficient (Wildman–Crippen LogP) is 4.35. The van der Waals surface area contributed by atoms with Crippen LogP contribution in [0.15, 0.2) is 70.9 Å². The summed E-state index contributed by atoms with van der Waals surface area (Å²) in [7, 11) is -3.77. The van der Waals surface area contributed by atoms with E-state index in [0.717, 1.165) is 4.88 Å². The Balaban J connectivity index is 1.91. The quantitative estimate of drug-likeness (QED) is 0.651. The van der Waals surface area contributed by atoms with Crippen molar-refractivity contribution >= 4 is 21.4 Å². The molecule has 1 atom stereocenters. The zero-order valence-electron chi connectivity index (χ0n) is 14.1. The first-order valence-corrected chi connectivity index (χ1v) is 10.4. The molecule has 1 N–H and O–H groups in total. The normalized spacial score (nSPS) is 12.7. The van der Waals surface area contributed by atoms with Gasteiger partial charge in [-0.15, -0.1) is 11.3 Å². The second-order valence-corrected chi connectivity index (χ2v) is 8.22. The second-order valence-electron chi connectivity index (χ2n) is 5.53. The van der Waals surface area contributed by atoms with Crippen LogP contribution in [0.3, 0.4) is 0 Å². The highest BCUT2D eigenvalue weighted by Gasteiger charge is 2.23. The fraction of sp³-hybridized carbons (Fsp3) is 0.158. The molecule has 1 unspecified atom stereocenters. The third kappa shape index (κ3) is 4.30. The van der Waals surface area contributed by atoms with Crippen molar-refractivity contribution < 1.29 is 17.5 Å². The molecule has 0 fully saturated rings. The lowest BCUT2D eigenvalue weighted by molar-refractivity contribution is 0.340. The summed E-state index contributed by atoms with van der Waals surface area (Å²) in [6, 6.07) is 15.2. The number of hydrogen-bond donors (Lipinski definition) is 1. The minimum absolute atomic E-state index is 0.143. The molecule has 4 nitrogen and oxygen atoms in total. The fourth-order valence-electron chi connectivity index (χ4n) is 2.51. The molecule has 3 aromatic rings. The smallest absolute Gasteiger partial charge is 0.241 e. The highest BCUT2D eigenvalue weighted by molar-refractivity contribution is 7.89. The molecule has 0 spiro atoms. The summed E-state index contributed by atoms with van der Waals surface area (Å²) in [6.45, 7) is 2.37. The van der Waals surface area contributed by atoms with Crippen molar-refractivity contribution in [1.29, 1.82) is 0 Å². The van der Waals surface area contributed by atoms with Gasteiger partial charge in [0, 0.05) is 4.88 Å². The second kappa shape index (κ2) is 7.99. The molecule has 26 heavy (non-hydrogen) atoms. The molecule has 0 bridgehead atoms. The van der Waals surface area contributed by atoms with E-state index in [9.17, 15) is 12.8 Å². The minimum atomic E-state index is -3.77. The van der Waals surface area contributed by atoms with Crippen LogP contribution in [0.2, 0.25) is 0 Å². The molecule has 0 aliphatic rings. The van der Waals surface area contributed by atoms with E-state index in [4.69, 9.17) is 4.74 Å². The van der Waals surface area contributed by atoms with Gasteiger partial charge in [-0.2, -0.15) is 4.72 Å². The Hall–Kier alpha value is -2.22. The van der Waals surface area contributed by atoms with Gasteiger partial charge in [0.25, 0.3) is 0 Å². The van der Waals surface area contributed by atoms with Crippen LogP contribution < -0.4 is 9.46 Å². The van der Waals surface area contributed by atoms with Gasteiger partial charge in [-0.25, -0.2) is 12.8 Å². The summed E-state index contributed by atoms with van der Waals surface area (Å²) in [5.74, 6) is 0.243. The van der Waals surface area contributed by atoms with Gasteiger partial charge >= 0.3 is 0 Å². The van der Waals surface area contributed by atoms with Crippen molar-refractivity contribution in [3.05, 3.63) is 82.3 Å². The van der Waals surface area contributed by atoms with E-state index in [1.54, 1.807) is 24.3 Å². The molecule has 7 heteroatoms. The van der Waals surface area contributed by atoms with Gasteiger partial charge in [0.15, 0.2) is 0 Å². The fourth-order valence-corrected chi connectivity index (χ4v) is 4.59. The predicted molar refractivity (Wildman–Crippen MR) is 100 cm³/mol. The van der Waals surface area contributed by atoms with Crippen LogP contribution in [0.25, 0.3) is 0 Å². The molecule has 0 saturated heterocycles. The number of nitrogens with one attached hydrogen (secondary N) is 1. The minimum Gasteiger partial charge on any atom is -0.494 e. The molecule has 3 rings (SSSR count). The van der Waals surface area contributed by atoms with Crippen LogP contribution in [0, 0.1) is 5.82 Å². The molecule has 1 heterocycles. The van der Waals surface area contributed by atoms with Crippen molar-refractivity contribution in [3.63, 3.8) is 0 Å². The molecule has 0 aliphatic heterocycles. The zero-order valence-corrected chi connectivity index (χ0v) is 15.7. The molecular formula is C19H18FNO3S2. The van der Waals surface area contributed by atoms with Crippen LogP contribution in [-0.4, -0.2) is 15.0 Å². The Morgan fingerprint density at radius 2 is 1.77 bits per heavy atom. The molecule has 0 radical (unpaired) electrons. The van der Waals surface area contributed by atoms with Crippen LogP contribution in [0.1, 0.15) is 23.4 Å². The topological polar surface area (TPSA) is 55.4 Å². The SMILES string of the molecule is CCOc1ccc(S(=O)(=O)NC(c2ccc(F)cc2)c2cccs2)cc1. The Kier molecular flexibility index (Phi) is 5.70. The lowest BCUT2D eigenvalue weighted by atomic mass is 10.1. The van der Waals surface area contributed by atoms with Gasteiger partial charge in [0.2, 0.25) is 10.0 Å². The third-order valence-corrected chi connectivity index (χ3v) is 6.13. The van der Waals surface area contributed by atoms with Crippen molar-refractivity contribution in [2.45, 2.75) is 17.9 Å². The summed E-state index contributed by atoms with van der Waals surface area (Å²) in [5.41, 5.74) is 0.670. The first-order chi connectivity index (χ1) is 12.5. The monoisotopic (exact) mass is 391 g/mol. The Morgan fingerprint density at radius 3 is 2.35 bits per heavy atom. The molecule has 1 aromatic heterocycles. The Morgan fingerprint density at radius 1 is 1.08 bits per heavy atom. The molecule has 136 valence electrons. The molecule has 0 amide bonds. The molecule has 0 aliphatic carbocycles. The van der Waals surface area contributed by atoms with Crippen LogP contribution >= 0.6 is 11.3 Å². The number of thiophene rings is 1. The van der Waals surface area contributed by atoms with E-state index in [0.29, 0.717) is 17.9 Å². The van der Waals surface area contributed by atoms with Crippen molar-refractivity contribution in [2.24, 2.45) is 0 Å². The summed E-state index contributed by atoms with van der Waals surface area (Å²) in [6.07, 6.45) is 0. The number of halogens is 1. The Labute approximate surface area is 156 Å². The van der Waals surface area contributed by atoms with Crippen molar-refractivity contribution in [2.75, 3.05) is 6.61 Å². The number of ether oxygens (including phenoxy) is 1. The summed E-state index contributed by atoms with van der Waals surface area (Å²) in [4.78, 5) is 0.968. The largest absolute Gasteiger partial charge is 0.494 e. The lowest BCUT2D eigenvalue weighted by Gasteiger charge is -2.18. The van der Waals surface area contributed by atoms with Crippen molar-refractivity contribution in [3.8, 4) is 5.75 Å². The van der Waals surface area contributed by atoms with Gasteiger partial charge in [-0.3, -0.25) is 0 Å². The lowest BCUT2D eigenvalue weighted by Crippen LogP contribution is -2.29. The van der Waals surface area contributed by atoms with Gasteiger partial charge in [0.05, 0.1) is 17.5 Å². The molecular weight excluding hydrogens is 373 g/mol. The van der Waals surface area contributed by atoms with Crippen LogP contribution in [-0.2, 0) is 10.0 Å². The van der Waals surface area contributed by atoms with Gasteiger partial charge in [0.1, 0.15) is 11.6 Å². The first kappa shape index (κ1) is 18.6. The van der Waals surface area contributed by atoms with Gasteiger partial charge in [-0.05, 0) is 60.3 Å². The average molecular weight is 391 g/mol. The Bertz CT molecular complexity index is 937.